The van der Waals surface area contributed by atoms with Crippen molar-refractivity contribution in [2.45, 2.75) is 12.8 Å². The lowest BCUT2D eigenvalue weighted by Crippen LogP contribution is -2.44. The van der Waals surface area contributed by atoms with Crippen molar-refractivity contribution in [1.29, 1.82) is 0 Å². The fraction of sp³-hybridized carbons (Fsp3) is 0.750. The van der Waals surface area contributed by atoms with E-state index in [0.717, 1.165) is 19.4 Å². The highest BCUT2D eigenvalue weighted by Crippen LogP contribution is 2.16. The van der Waals surface area contributed by atoms with E-state index in [1.807, 2.05) is 0 Å². The summed E-state index contributed by atoms with van der Waals surface area (Å²) in [5, 5.41) is 0.318. The number of carbonyl (C=O) groups is 2. The molecule has 0 aromatic rings. The average Bonchev–Trinajstić information content (AvgIpc) is 2.17. The highest BCUT2D eigenvalue weighted by atomic mass is 79.9. The molecule has 0 spiro atoms. The number of nitrogens with zero attached hydrogens (tertiary/aromatic N) is 1. The molecule has 1 saturated heterocycles. The van der Waals surface area contributed by atoms with Crippen LogP contribution in [0, 0.1) is 5.92 Å². The number of halogens is 1. The monoisotopic (exact) mass is 248 g/mol. The summed E-state index contributed by atoms with van der Waals surface area (Å²) in [7, 11) is 0. The number of piperidine rings is 1. The van der Waals surface area contributed by atoms with Crippen LogP contribution in [0.2, 0.25) is 0 Å². The molecule has 1 rings (SSSR count). The van der Waals surface area contributed by atoms with Crippen LogP contribution in [0.5, 0.6) is 0 Å². The second kappa shape index (κ2) is 4.60. The quantitative estimate of drug-likeness (QED) is 0.706. The molecule has 1 aliphatic heterocycles. The maximum atomic E-state index is 11.3. The van der Waals surface area contributed by atoms with Gasteiger partial charge in [-0.3, -0.25) is 9.59 Å². The third kappa shape index (κ3) is 2.69. The lowest BCUT2D eigenvalue weighted by Gasteiger charge is -2.30. The number of primary amides is 1. The van der Waals surface area contributed by atoms with Crippen molar-refractivity contribution in [2.75, 3.05) is 18.4 Å². The Morgan fingerprint density at radius 2 is 2.23 bits per heavy atom. The molecule has 4 nitrogen and oxygen atoms in total. The number of rotatable bonds is 2. The first-order valence-corrected chi connectivity index (χ1v) is 5.40. The van der Waals surface area contributed by atoms with Crippen molar-refractivity contribution in [2.24, 2.45) is 11.7 Å². The Labute approximate surface area is 85.6 Å². The molecule has 0 aromatic carbocycles. The third-order valence-electron chi connectivity index (χ3n) is 2.29. The molecule has 0 aliphatic carbocycles. The van der Waals surface area contributed by atoms with Gasteiger partial charge in [0.05, 0.1) is 11.2 Å². The number of amides is 2. The summed E-state index contributed by atoms with van der Waals surface area (Å²) >= 11 is 3.10. The van der Waals surface area contributed by atoms with Crippen LogP contribution < -0.4 is 5.73 Å². The van der Waals surface area contributed by atoms with Gasteiger partial charge in [-0.15, -0.1) is 0 Å². The molecule has 74 valence electrons. The fourth-order valence-electron chi connectivity index (χ4n) is 1.52. The summed E-state index contributed by atoms with van der Waals surface area (Å²) in [5.74, 6) is -0.422. The zero-order valence-corrected chi connectivity index (χ0v) is 8.92. The molecule has 1 fully saturated rings. The highest BCUT2D eigenvalue weighted by molar-refractivity contribution is 9.09. The Morgan fingerprint density at radius 1 is 1.54 bits per heavy atom. The fourth-order valence-corrected chi connectivity index (χ4v) is 1.88. The van der Waals surface area contributed by atoms with Gasteiger partial charge in [0.15, 0.2) is 0 Å². The molecule has 0 aromatic heterocycles. The number of hydrogen-bond donors (Lipinski definition) is 1. The molecular weight excluding hydrogens is 236 g/mol. The van der Waals surface area contributed by atoms with Gasteiger partial charge in [0.1, 0.15) is 0 Å². The number of alkyl halides is 1. The summed E-state index contributed by atoms with van der Waals surface area (Å²) < 4.78 is 0. The Kier molecular flexibility index (Phi) is 3.71. The zero-order chi connectivity index (χ0) is 9.84. The van der Waals surface area contributed by atoms with Crippen LogP contribution in [-0.2, 0) is 9.59 Å². The minimum atomic E-state index is -0.299. The van der Waals surface area contributed by atoms with Gasteiger partial charge in [-0.2, -0.15) is 0 Å². The summed E-state index contributed by atoms with van der Waals surface area (Å²) in [6.07, 6.45) is 1.67. The highest BCUT2D eigenvalue weighted by Gasteiger charge is 2.25. The second-order valence-electron chi connectivity index (χ2n) is 3.21. The molecule has 1 aliphatic rings. The number of hydrogen-bond acceptors (Lipinski definition) is 2. The third-order valence-corrected chi connectivity index (χ3v) is 2.77. The van der Waals surface area contributed by atoms with E-state index in [1.54, 1.807) is 4.90 Å². The van der Waals surface area contributed by atoms with E-state index in [2.05, 4.69) is 15.9 Å². The van der Waals surface area contributed by atoms with Crippen LogP contribution in [0.15, 0.2) is 0 Å². The second-order valence-corrected chi connectivity index (χ2v) is 3.78. The molecule has 2 amide bonds. The van der Waals surface area contributed by atoms with Gasteiger partial charge < -0.3 is 10.6 Å². The van der Waals surface area contributed by atoms with Crippen molar-refractivity contribution in [3.05, 3.63) is 0 Å². The van der Waals surface area contributed by atoms with Crippen LogP contribution in [-0.4, -0.2) is 35.1 Å². The number of nitrogens with two attached hydrogens (primary N) is 1. The number of carbonyl (C=O) groups excluding carboxylic acids is 2. The van der Waals surface area contributed by atoms with Gasteiger partial charge in [0, 0.05) is 13.1 Å². The molecule has 0 bridgehead atoms. The molecule has 13 heavy (non-hydrogen) atoms. The van der Waals surface area contributed by atoms with Gasteiger partial charge in [-0.1, -0.05) is 15.9 Å². The summed E-state index contributed by atoms with van der Waals surface area (Å²) in [5.41, 5.74) is 5.18. The van der Waals surface area contributed by atoms with E-state index < -0.39 is 0 Å². The van der Waals surface area contributed by atoms with Gasteiger partial charge >= 0.3 is 0 Å². The van der Waals surface area contributed by atoms with Crippen molar-refractivity contribution in [1.82, 2.24) is 4.90 Å². The van der Waals surface area contributed by atoms with Crippen LogP contribution in [0.1, 0.15) is 12.8 Å². The zero-order valence-electron chi connectivity index (χ0n) is 7.33. The summed E-state index contributed by atoms with van der Waals surface area (Å²) in [4.78, 5) is 23.8. The minimum absolute atomic E-state index is 0.0333. The lowest BCUT2D eigenvalue weighted by atomic mass is 9.97. The van der Waals surface area contributed by atoms with E-state index in [4.69, 9.17) is 5.73 Å². The van der Waals surface area contributed by atoms with Crippen molar-refractivity contribution in [3.63, 3.8) is 0 Å². The van der Waals surface area contributed by atoms with E-state index in [-0.39, 0.29) is 17.7 Å². The molecule has 5 heteroatoms. The summed E-state index contributed by atoms with van der Waals surface area (Å²) in [6, 6.07) is 0. The Morgan fingerprint density at radius 3 is 2.77 bits per heavy atom. The Bertz CT molecular complexity index is 220. The minimum Gasteiger partial charge on any atom is -0.369 e. The van der Waals surface area contributed by atoms with Crippen molar-refractivity contribution in [3.8, 4) is 0 Å². The van der Waals surface area contributed by atoms with Crippen LogP contribution in [0.4, 0.5) is 0 Å². The first-order valence-electron chi connectivity index (χ1n) is 4.28. The molecule has 1 atom stereocenters. The van der Waals surface area contributed by atoms with Crippen LogP contribution in [0.3, 0.4) is 0 Å². The van der Waals surface area contributed by atoms with E-state index >= 15 is 0 Å². The number of likely N-dealkylation sites (tertiary alicyclic amines) is 1. The predicted octanol–water partition coefficient (Wildman–Crippen LogP) is 0.105. The average molecular weight is 249 g/mol. The van der Waals surface area contributed by atoms with Crippen LogP contribution in [0.25, 0.3) is 0 Å². The maximum Gasteiger partial charge on any atom is 0.233 e. The standard InChI is InChI=1S/C8H13BrN2O2/c9-4-7(12)11-3-1-2-6(5-11)8(10)13/h6H,1-5H2,(H2,10,13). The smallest absolute Gasteiger partial charge is 0.233 e. The first-order chi connectivity index (χ1) is 6.15. The molecule has 0 radical (unpaired) electrons. The molecule has 1 heterocycles. The normalized spacial score (nSPS) is 22.8. The molecule has 0 saturated carbocycles. The van der Waals surface area contributed by atoms with Crippen molar-refractivity contribution < 1.29 is 9.59 Å². The molecule has 1 unspecified atom stereocenters. The first kappa shape index (κ1) is 10.5. The van der Waals surface area contributed by atoms with E-state index in [9.17, 15) is 9.59 Å². The molecular formula is C8H13BrN2O2. The van der Waals surface area contributed by atoms with Gasteiger partial charge in [0.25, 0.3) is 0 Å². The largest absolute Gasteiger partial charge is 0.369 e. The van der Waals surface area contributed by atoms with Gasteiger partial charge in [-0.05, 0) is 12.8 Å². The van der Waals surface area contributed by atoms with E-state index in [1.165, 1.54) is 0 Å². The Hall–Kier alpha value is -0.580. The SMILES string of the molecule is NC(=O)C1CCCN(C(=O)CBr)C1. The van der Waals surface area contributed by atoms with Gasteiger partial charge in [-0.25, -0.2) is 0 Å². The predicted molar refractivity (Wildman–Crippen MR) is 52.3 cm³/mol. The Balaban J connectivity index is 2.51. The molecule has 2 N–H and O–H groups in total. The lowest BCUT2D eigenvalue weighted by molar-refractivity contribution is -0.132. The summed E-state index contributed by atoms with van der Waals surface area (Å²) in [6.45, 7) is 1.23. The van der Waals surface area contributed by atoms with Gasteiger partial charge in [0.2, 0.25) is 11.8 Å². The van der Waals surface area contributed by atoms with Crippen LogP contribution >= 0.6 is 15.9 Å². The van der Waals surface area contributed by atoms with E-state index in [0.29, 0.717) is 11.9 Å². The maximum absolute atomic E-state index is 11.3. The van der Waals surface area contributed by atoms with Crippen molar-refractivity contribution >= 4 is 27.7 Å². The topological polar surface area (TPSA) is 63.4 Å².